The van der Waals surface area contributed by atoms with Gasteiger partial charge in [-0.05, 0) is 63.4 Å². The molecule has 0 radical (unpaired) electrons. The molecular weight excluding hydrogens is 472 g/mol. The topological polar surface area (TPSA) is 121 Å². The molecule has 0 aliphatic carbocycles. The normalized spacial score (nSPS) is 12.6. The van der Waals surface area contributed by atoms with E-state index >= 15 is 0 Å². The summed E-state index contributed by atoms with van der Waals surface area (Å²) in [7, 11) is 1.54. The van der Waals surface area contributed by atoms with E-state index < -0.39 is 35.6 Å². The molecule has 2 aromatic carbocycles. The van der Waals surface area contributed by atoms with Crippen molar-refractivity contribution in [3.63, 3.8) is 0 Å². The standard InChI is InChI=1S/C28H36N4O5/c1-18(2)23(31-27(35)37-28(4,5)6)26(34)32(17-16-29)24(20-10-8-19(3)9-11-20)25(33)30-21-12-14-22(36-7)15-13-21/h8-15,18,23-24H,17H2,1-7H3,(H,30,33)(H,31,35). The number of hydrogen-bond donors (Lipinski definition) is 2. The number of nitriles is 1. The van der Waals surface area contributed by atoms with Crippen LogP contribution in [0.3, 0.4) is 0 Å². The number of amides is 3. The summed E-state index contributed by atoms with van der Waals surface area (Å²) < 4.78 is 10.5. The zero-order valence-corrected chi connectivity index (χ0v) is 22.5. The third-order valence-corrected chi connectivity index (χ3v) is 5.44. The molecule has 2 aromatic rings. The maximum atomic E-state index is 13.8. The van der Waals surface area contributed by atoms with E-state index in [-0.39, 0.29) is 12.5 Å². The van der Waals surface area contributed by atoms with E-state index in [1.807, 2.05) is 25.1 Å². The van der Waals surface area contributed by atoms with Crippen molar-refractivity contribution < 1.29 is 23.9 Å². The van der Waals surface area contributed by atoms with Gasteiger partial charge in [-0.15, -0.1) is 0 Å². The smallest absolute Gasteiger partial charge is 0.408 e. The molecule has 0 heterocycles. The maximum absolute atomic E-state index is 13.8. The van der Waals surface area contributed by atoms with Crippen molar-refractivity contribution in [2.75, 3.05) is 19.0 Å². The highest BCUT2D eigenvalue weighted by Crippen LogP contribution is 2.26. The first kappa shape index (κ1) is 29.2. The van der Waals surface area contributed by atoms with Crippen LogP contribution in [0.2, 0.25) is 0 Å². The van der Waals surface area contributed by atoms with Crippen LogP contribution in [0.1, 0.15) is 51.8 Å². The summed E-state index contributed by atoms with van der Waals surface area (Å²) in [5, 5.41) is 15.1. The summed E-state index contributed by atoms with van der Waals surface area (Å²) in [4.78, 5) is 41.1. The van der Waals surface area contributed by atoms with Crippen molar-refractivity contribution in [3.8, 4) is 11.8 Å². The SMILES string of the molecule is COc1ccc(NC(=O)C(c2ccc(C)cc2)N(CC#N)C(=O)C(NC(=O)OC(C)(C)C)C(C)C)cc1. The molecule has 0 aromatic heterocycles. The van der Waals surface area contributed by atoms with Gasteiger partial charge in [-0.1, -0.05) is 43.7 Å². The Morgan fingerprint density at radius 2 is 1.62 bits per heavy atom. The average Bonchev–Trinajstić information content (AvgIpc) is 2.82. The fourth-order valence-corrected chi connectivity index (χ4v) is 3.61. The Morgan fingerprint density at radius 1 is 1.03 bits per heavy atom. The third kappa shape index (κ3) is 8.53. The van der Waals surface area contributed by atoms with Gasteiger partial charge in [-0.25, -0.2) is 4.79 Å². The number of alkyl carbamates (subject to hydrolysis) is 1. The summed E-state index contributed by atoms with van der Waals surface area (Å²) in [6.45, 7) is 10.2. The van der Waals surface area contributed by atoms with Crippen LogP contribution in [0.25, 0.3) is 0 Å². The zero-order valence-electron chi connectivity index (χ0n) is 22.5. The highest BCUT2D eigenvalue weighted by atomic mass is 16.6. The first-order valence-corrected chi connectivity index (χ1v) is 12.0. The predicted octanol–water partition coefficient (Wildman–Crippen LogP) is 4.58. The Labute approximate surface area is 218 Å². The molecule has 3 amide bonds. The lowest BCUT2D eigenvalue weighted by Crippen LogP contribution is -2.54. The fraction of sp³-hybridized carbons (Fsp3) is 0.429. The van der Waals surface area contributed by atoms with Crippen molar-refractivity contribution in [1.82, 2.24) is 10.2 Å². The fourth-order valence-electron chi connectivity index (χ4n) is 3.61. The second-order valence-corrected chi connectivity index (χ2v) is 10.0. The Balaban J connectivity index is 2.46. The highest BCUT2D eigenvalue weighted by Gasteiger charge is 2.37. The van der Waals surface area contributed by atoms with Crippen molar-refractivity contribution in [1.29, 1.82) is 5.26 Å². The van der Waals surface area contributed by atoms with Gasteiger partial charge in [-0.3, -0.25) is 9.59 Å². The van der Waals surface area contributed by atoms with E-state index in [4.69, 9.17) is 9.47 Å². The minimum absolute atomic E-state index is 0.343. The van der Waals surface area contributed by atoms with E-state index in [1.165, 1.54) is 4.90 Å². The average molecular weight is 509 g/mol. The molecule has 2 atom stereocenters. The minimum atomic E-state index is -1.13. The minimum Gasteiger partial charge on any atom is -0.497 e. The van der Waals surface area contributed by atoms with Crippen LogP contribution >= 0.6 is 0 Å². The van der Waals surface area contributed by atoms with E-state index in [0.29, 0.717) is 17.0 Å². The lowest BCUT2D eigenvalue weighted by atomic mass is 9.98. The molecular formula is C28H36N4O5. The number of nitrogens with one attached hydrogen (secondary N) is 2. The number of hydrogen-bond acceptors (Lipinski definition) is 6. The number of rotatable bonds is 9. The van der Waals surface area contributed by atoms with Crippen LogP contribution in [0, 0.1) is 24.2 Å². The molecule has 37 heavy (non-hydrogen) atoms. The molecule has 9 nitrogen and oxygen atoms in total. The lowest BCUT2D eigenvalue weighted by Gasteiger charge is -2.34. The number of nitrogens with zero attached hydrogens (tertiary/aromatic N) is 2. The van der Waals surface area contributed by atoms with E-state index in [1.54, 1.807) is 78.1 Å². The second-order valence-electron chi connectivity index (χ2n) is 10.0. The number of methoxy groups -OCH3 is 1. The van der Waals surface area contributed by atoms with Gasteiger partial charge >= 0.3 is 6.09 Å². The van der Waals surface area contributed by atoms with Crippen LogP contribution in [-0.2, 0) is 14.3 Å². The van der Waals surface area contributed by atoms with E-state index in [2.05, 4.69) is 10.6 Å². The van der Waals surface area contributed by atoms with Crippen LogP contribution in [0.5, 0.6) is 5.75 Å². The van der Waals surface area contributed by atoms with Gasteiger partial charge in [0.15, 0.2) is 0 Å². The predicted molar refractivity (Wildman–Crippen MR) is 141 cm³/mol. The van der Waals surface area contributed by atoms with E-state index in [9.17, 15) is 19.6 Å². The van der Waals surface area contributed by atoms with Gasteiger partial charge in [0.2, 0.25) is 5.91 Å². The summed E-state index contributed by atoms with van der Waals surface area (Å²) in [6, 6.07) is 13.8. The second kappa shape index (κ2) is 12.8. The van der Waals surface area contributed by atoms with Gasteiger partial charge in [0.1, 0.15) is 30.0 Å². The first-order valence-electron chi connectivity index (χ1n) is 12.0. The maximum Gasteiger partial charge on any atom is 0.408 e. The van der Waals surface area contributed by atoms with Crippen LogP contribution in [-0.4, -0.2) is 48.1 Å². The number of benzene rings is 2. The van der Waals surface area contributed by atoms with Crippen LogP contribution in [0.15, 0.2) is 48.5 Å². The van der Waals surface area contributed by atoms with Crippen molar-refractivity contribution in [3.05, 3.63) is 59.7 Å². The molecule has 0 bridgehead atoms. The molecule has 2 N–H and O–H groups in total. The molecule has 2 rings (SSSR count). The molecule has 0 aliphatic rings. The highest BCUT2D eigenvalue weighted by molar-refractivity contribution is 5.99. The van der Waals surface area contributed by atoms with Crippen molar-refractivity contribution >= 4 is 23.6 Å². The number of carbonyl (C=O) groups excluding carboxylic acids is 3. The molecule has 198 valence electrons. The van der Waals surface area contributed by atoms with Crippen molar-refractivity contribution in [2.24, 2.45) is 5.92 Å². The monoisotopic (exact) mass is 508 g/mol. The quantitative estimate of drug-likeness (QED) is 0.478. The largest absolute Gasteiger partial charge is 0.497 e. The Hall–Kier alpha value is -4.06. The van der Waals surface area contributed by atoms with Gasteiger partial charge < -0.3 is 25.0 Å². The van der Waals surface area contributed by atoms with Crippen LogP contribution in [0.4, 0.5) is 10.5 Å². The van der Waals surface area contributed by atoms with Gasteiger partial charge in [0.25, 0.3) is 5.91 Å². The summed E-state index contributed by atoms with van der Waals surface area (Å²) in [6.07, 6.45) is -0.758. The Kier molecular flexibility index (Phi) is 10.1. The lowest BCUT2D eigenvalue weighted by molar-refractivity contribution is -0.140. The molecule has 0 aliphatic heterocycles. The molecule has 0 saturated heterocycles. The molecule has 0 fully saturated rings. The molecule has 9 heteroatoms. The molecule has 0 spiro atoms. The number of carbonyl (C=O) groups is 3. The number of ether oxygens (including phenoxy) is 2. The zero-order chi connectivity index (χ0) is 27.8. The van der Waals surface area contributed by atoms with Gasteiger partial charge in [0.05, 0.1) is 13.2 Å². The van der Waals surface area contributed by atoms with Crippen molar-refractivity contribution in [2.45, 2.75) is 59.2 Å². The Bertz CT molecular complexity index is 1120. The van der Waals surface area contributed by atoms with Gasteiger partial charge in [0, 0.05) is 5.69 Å². The number of anilines is 1. The Morgan fingerprint density at radius 3 is 2.11 bits per heavy atom. The van der Waals surface area contributed by atoms with E-state index in [0.717, 1.165) is 5.56 Å². The molecule has 2 unspecified atom stereocenters. The number of aryl methyl sites for hydroxylation is 1. The summed E-state index contributed by atoms with van der Waals surface area (Å²) >= 11 is 0. The van der Waals surface area contributed by atoms with Crippen LogP contribution < -0.4 is 15.4 Å². The first-order chi connectivity index (χ1) is 17.4. The summed E-state index contributed by atoms with van der Waals surface area (Å²) in [5.74, 6) is -0.790. The van der Waals surface area contributed by atoms with Gasteiger partial charge in [-0.2, -0.15) is 5.26 Å². The summed E-state index contributed by atoms with van der Waals surface area (Å²) in [5.41, 5.74) is 1.24. The third-order valence-electron chi connectivity index (χ3n) is 5.44. The molecule has 0 saturated carbocycles.